The summed E-state index contributed by atoms with van der Waals surface area (Å²) in [5.74, 6) is 4.11. The first-order valence-corrected chi connectivity index (χ1v) is 20.5. The predicted molar refractivity (Wildman–Crippen MR) is 145 cm³/mol. The molecule has 0 N–H and O–H groups in total. The molecule has 0 nitrogen and oxygen atoms in total. The standard InChI is InChI=1S/C8H21P3.C6H16P2.C2H5P.4W.24Y/c1-6-10(4)8-11(5)7-9(2)3;1-5-8(4)6-7(2)3;1-3-2;;;;;;;;;;;;;;;;;;;;;;;;;;;;/h9-11H,2,4-8H2,1,3H3;7-8H,2,4-6H2,1,3H3;1H2,2H3;;;;;;;;;;;;;;;;;;;;;;;;;;;;. The average Bonchev–Trinajstić information content (AvgIpc) is 2.38. The van der Waals surface area contributed by atoms with Gasteiger partial charge in [-0.1, -0.05) is 20.1 Å². The van der Waals surface area contributed by atoms with Gasteiger partial charge in [0.25, 0.3) is 0 Å². The van der Waals surface area contributed by atoms with E-state index in [1.54, 1.807) is 0 Å². The second-order valence-corrected chi connectivity index (χ2v) is 20.3. The third-order valence-corrected chi connectivity index (χ3v) is 17.4. The van der Waals surface area contributed by atoms with Gasteiger partial charge in [-0.3, -0.25) is 0 Å². The van der Waals surface area contributed by atoms with E-state index in [4.69, 9.17) is 0 Å². The first-order chi connectivity index (χ1) is 10.1. The summed E-state index contributed by atoms with van der Waals surface area (Å²) in [6.45, 7) is 11.0. The van der Waals surface area contributed by atoms with Crippen LogP contribution in [0.1, 0.15) is 13.8 Å². The second-order valence-electron chi connectivity index (χ2n) is 5.72. The van der Waals surface area contributed by atoms with E-state index < -0.39 is 0 Å². The van der Waals surface area contributed by atoms with Gasteiger partial charge in [0, 0.05) is 869 Å². The molecule has 0 aromatic carbocycles. The molecular weight excluding hydrogens is 3250 g/mol. The maximum Gasteiger partial charge on any atom is 0 e. The molecular formula is C16H42P6W4Y24. The largest absolute Gasteiger partial charge is 0.124 e. The van der Waals surface area contributed by atoms with Crippen molar-refractivity contribution in [2.24, 2.45) is 0 Å². The van der Waals surface area contributed by atoms with Crippen molar-refractivity contribution in [3.63, 3.8) is 0 Å². The zero-order valence-corrected chi connectivity index (χ0v) is 117. The first-order valence-electron chi connectivity index (χ1n) is 7.77. The van der Waals surface area contributed by atoms with E-state index in [2.05, 4.69) is 65.0 Å². The summed E-state index contributed by atoms with van der Waals surface area (Å²) in [5.41, 5.74) is 0. The van der Waals surface area contributed by atoms with Crippen molar-refractivity contribution < 1.29 is 869 Å². The molecule has 0 fully saturated rings. The molecule has 24 radical (unpaired) electrons. The molecule has 0 aromatic rings. The summed E-state index contributed by atoms with van der Waals surface area (Å²) in [7, 11) is -0.0446. The van der Waals surface area contributed by atoms with E-state index in [1.165, 1.54) is 38.2 Å². The topological polar surface area (TPSA) is 0 Å². The predicted octanol–water partition coefficient (Wildman–Crippen LogP) is 5.30. The van der Waals surface area contributed by atoms with E-state index in [1.807, 2.05) is 6.66 Å². The Bertz CT molecular complexity index is 461. The maximum absolute atomic E-state index is 4.24. The van der Waals surface area contributed by atoms with Crippen LogP contribution in [-0.4, -0.2) is 87.8 Å². The fraction of sp³-hybridized carbons (Fsp3) is 0.625. The smallest absolute Gasteiger partial charge is 0 e. The van der Waals surface area contributed by atoms with E-state index in [9.17, 15) is 0 Å². The van der Waals surface area contributed by atoms with Gasteiger partial charge < -0.3 is 0 Å². The van der Waals surface area contributed by atoms with Crippen LogP contribution in [0.4, 0.5) is 0 Å². The van der Waals surface area contributed by atoms with Crippen molar-refractivity contribution in [2.45, 2.75) is 13.8 Å². The number of rotatable bonds is 8. The fourth-order valence-electron chi connectivity index (χ4n) is 1.52. The van der Waals surface area contributed by atoms with Gasteiger partial charge in [-0.15, -0.1) is 77.4 Å². The van der Waals surface area contributed by atoms with Crippen LogP contribution in [-0.2, 0) is 869 Å². The Kier molecular flexibility index (Phi) is 766. The molecule has 0 amide bonds. The third-order valence-electron chi connectivity index (χ3n) is 2.60. The summed E-state index contributed by atoms with van der Waals surface area (Å²) >= 11 is 0. The molecule has 0 rings (SSSR count). The van der Waals surface area contributed by atoms with Crippen LogP contribution in [0.25, 0.3) is 0 Å². The van der Waals surface area contributed by atoms with Crippen LogP contribution >= 0.6 is 45.9 Å². The summed E-state index contributed by atoms with van der Waals surface area (Å²) in [4.78, 5) is 0. The molecule has 0 aliphatic carbocycles. The van der Waals surface area contributed by atoms with E-state index >= 15 is 0 Å². The van der Waals surface area contributed by atoms with Crippen LogP contribution in [0.3, 0.4) is 0 Å². The zero-order chi connectivity index (χ0) is 18.1. The van der Waals surface area contributed by atoms with Crippen molar-refractivity contribution >= 4 is 83.7 Å². The number of hydrogen-bond donors (Lipinski definition) is 0. The average molecular weight is 3290 g/mol. The Labute approximate surface area is 982 Å². The Morgan fingerprint density at radius 1 is 0.340 bits per heavy atom. The normalized spacial score (nSPS) is 7.46. The van der Waals surface area contributed by atoms with Gasteiger partial charge in [0.05, 0.1) is 0 Å². The van der Waals surface area contributed by atoms with E-state index in [0.717, 1.165) is 0 Å². The van der Waals surface area contributed by atoms with Gasteiger partial charge in [-0.25, -0.2) is 0 Å². The van der Waals surface area contributed by atoms with Crippen molar-refractivity contribution in [3.05, 3.63) is 0 Å². The minimum Gasteiger partial charge on any atom is -0.124 e. The van der Waals surface area contributed by atoms with E-state index in [0.29, 0.717) is 0 Å². The van der Waals surface area contributed by atoms with Crippen LogP contribution in [0.2, 0.25) is 0 Å². The summed E-state index contributed by atoms with van der Waals surface area (Å²) in [6.07, 6.45) is 26.7. The van der Waals surface area contributed by atoms with Crippen molar-refractivity contribution in [3.8, 4) is 0 Å². The van der Waals surface area contributed by atoms with Gasteiger partial charge >= 0.3 is 0 Å². The van der Waals surface area contributed by atoms with Gasteiger partial charge in [-0.2, -0.15) is 0 Å². The Morgan fingerprint density at radius 3 is 0.560 bits per heavy atom. The molecule has 0 aliphatic rings. The van der Waals surface area contributed by atoms with Crippen molar-refractivity contribution in [1.29, 1.82) is 0 Å². The molecule has 34 heteroatoms. The quantitative estimate of drug-likeness (QED) is 0.290. The molecule has 0 aliphatic heterocycles. The molecule has 50 heavy (non-hydrogen) atoms. The van der Waals surface area contributed by atoms with Crippen molar-refractivity contribution in [1.82, 2.24) is 0 Å². The first kappa shape index (κ1) is 207. The van der Waals surface area contributed by atoms with Crippen LogP contribution in [0, 0.1) is 0 Å². The molecule has 0 saturated carbocycles. The van der Waals surface area contributed by atoms with Crippen LogP contribution < -0.4 is 0 Å². The SMILES string of the molecule is C=PC.C=[PH](C)C[PH](=C)CC.C=[PH](C)C[PH](=C)C[PH](=C)CC.[W].[W].[W].[W].[Y].[Y].[Y].[Y].[Y].[Y].[Y].[Y].[Y].[Y].[Y].[Y].[Y].[Y].[Y].[Y].[Y].[Y].[Y].[Y].[Y].[Y].[Y].[Y]. The Hall–Kier alpha value is 30.9. The van der Waals surface area contributed by atoms with Gasteiger partial charge in [-0.05, 0) is 50.0 Å². The number of hydrogen-bond acceptors (Lipinski definition) is 0. The molecule has 0 heterocycles. The fourth-order valence-corrected chi connectivity index (χ4v) is 14.8. The summed E-state index contributed by atoms with van der Waals surface area (Å²) in [5, 5.41) is 0. The summed E-state index contributed by atoms with van der Waals surface area (Å²) in [6, 6.07) is 0. The van der Waals surface area contributed by atoms with Gasteiger partial charge in [0.1, 0.15) is 0 Å². The minimum atomic E-state index is -0.285. The molecule has 5 atom stereocenters. The second kappa shape index (κ2) is 185. The molecule has 0 bridgehead atoms. The van der Waals surface area contributed by atoms with Crippen LogP contribution in [0.5, 0.6) is 0 Å². The molecule has 232 valence electrons. The monoisotopic (exact) mass is 3290 g/mol. The van der Waals surface area contributed by atoms with Gasteiger partial charge in [0.2, 0.25) is 0 Å². The Morgan fingerprint density at radius 2 is 0.460 bits per heavy atom. The van der Waals surface area contributed by atoms with Gasteiger partial charge in [0.15, 0.2) is 0 Å². The van der Waals surface area contributed by atoms with Crippen LogP contribution in [0.15, 0.2) is 0 Å². The molecule has 0 spiro atoms. The molecule has 0 aromatic heterocycles. The third kappa shape index (κ3) is 218. The Balaban J connectivity index is -0.00000000305. The minimum absolute atomic E-state index is 0. The molecule has 0 saturated heterocycles. The molecule has 5 unspecified atom stereocenters. The van der Waals surface area contributed by atoms with E-state index in [-0.39, 0.29) is 907 Å². The summed E-state index contributed by atoms with van der Waals surface area (Å²) < 4.78 is 0. The maximum atomic E-state index is 4.24. The zero-order valence-electron chi connectivity index (χ0n) is 31.2. The van der Waals surface area contributed by atoms with Crippen molar-refractivity contribution in [2.75, 3.05) is 50.0 Å².